The number of rotatable bonds is 2. The Hall–Kier alpha value is -0.900. The van der Waals surface area contributed by atoms with Gasteiger partial charge in [0.15, 0.2) is 0 Å². The van der Waals surface area contributed by atoms with E-state index in [0.717, 1.165) is 5.69 Å². The summed E-state index contributed by atoms with van der Waals surface area (Å²) in [4.78, 5) is 0. The van der Waals surface area contributed by atoms with E-state index >= 15 is 0 Å². The SMILES string of the molecule is Cn1nncc1C(O)C1C(C)(C)C1(C)C. The lowest BCUT2D eigenvalue weighted by Crippen LogP contribution is -2.10. The van der Waals surface area contributed by atoms with Crippen LogP contribution in [0.1, 0.15) is 39.5 Å². The van der Waals surface area contributed by atoms with Gasteiger partial charge in [-0.05, 0) is 10.8 Å². The van der Waals surface area contributed by atoms with E-state index < -0.39 is 6.10 Å². The summed E-state index contributed by atoms with van der Waals surface area (Å²) in [6, 6.07) is 0. The molecule has 84 valence electrons. The highest BCUT2D eigenvalue weighted by molar-refractivity contribution is 5.19. The number of nitrogens with zero attached hydrogens (tertiary/aromatic N) is 3. The van der Waals surface area contributed by atoms with Crippen molar-refractivity contribution >= 4 is 0 Å². The van der Waals surface area contributed by atoms with Gasteiger partial charge in [0.05, 0.1) is 11.9 Å². The first-order valence-corrected chi connectivity index (χ1v) is 5.33. The minimum absolute atomic E-state index is 0.177. The normalized spacial score (nSPS) is 25.2. The molecular formula is C11H19N3O. The van der Waals surface area contributed by atoms with Crippen LogP contribution in [-0.2, 0) is 7.05 Å². The van der Waals surface area contributed by atoms with E-state index in [1.54, 1.807) is 10.9 Å². The molecule has 1 fully saturated rings. The number of hydrogen-bond donors (Lipinski definition) is 1. The average molecular weight is 209 g/mol. The van der Waals surface area contributed by atoms with Crippen LogP contribution in [0.25, 0.3) is 0 Å². The summed E-state index contributed by atoms with van der Waals surface area (Å²) in [5.74, 6) is 0.280. The van der Waals surface area contributed by atoms with Crippen molar-refractivity contribution in [1.29, 1.82) is 0 Å². The molecule has 0 spiro atoms. The van der Waals surface area contributed by atoms with E-state index in [-0.39, 0.29) is 16.7 Å². The van der Waals surface area contributed by atoms with Crippen molar-refractivity contribution in [3.8, 4) is 0 Å². The van der Waals surface area contributed by atoms with Crippen LogP contribution in [0.15, 0.2) is 6.20 Å². The molecule has 0 amide bonds. The van der Waals surface area contributed by atoms with E-state index in [1.165, 1.54) is 0 Å². The second-order valence-electron chi connectivity index (χ2n) is 5.65. The molecule has 4 nitrogen and oxygen atoms in total. The van der Waals surface area contributed by atoms with Crippen LogP contribution >= 0.6 is 0 Å². The second-order valence-corrected chi connectivity index (χ2v) is 5.65. The summed E-state index contributed by atoms with van der Waals surface area (Å²) in [6.45, 7) is 8.80. The Balaban J connectivity index is 2.26. The van der Waals surface area contributed by atoms with Crippen LogP contribution in [0.5, 0.6) is 0 Å². The van der Waals surface area contributed by atoms with Crippen molar-refractivity contribution in [1.82, 2.24) is 15.0 Å². The molecular weight excluding hydrogens is 190 g/mol. The first-order chi connectivity index (χ1) is 6.80. The minimum atomic E-state index is -0.463. The Morgan fingerprint density at radius 2 is 1.87 bits per heavy atom. The lowest BCUT2D eigenvalue weighted by Gasteiger charge is -2.11. The molecule has 15 heavy (non-hydrogen) atoms. The fourth-order valence-corrected chi connectivity index (χ4v) is 2.77. The molecule has 2 rings (SSSR count). The van der Waals surface area contributed by atoms with E-state index in [2.05, 4.69) is 38.0 Å². The van der Waals surface area contributed by atoms with Gasteiger partial charge in [0.1, 0.15) is 6.10 Å². The van der Waals surface area contributed by atoms with Gasteiger partial charge in [-0.1, -0.05) is 32.9 Å². The zero-order valence-electron chi connectivity index (χ0n) is 10.0. The number of aromatic nitrogens is 3. The van der Waals surface area contributed by atoms with E-state index in [1.807, 2.05) is 7.05 Å². The summed E-state index contributed by atoms with van der Waals surface area (Å²) in [7, 11) is 1.81. The fourth-order valence-electron chi connectivity index (χ4n) is 2.77. The summed E-state index contributed by atoms with van der Waals surface area (Å²) >= 11 is 0. The van der Waals surface area contributed by atoms with Crippen LogP contribution in [0.2, 0.25) is 0 Å². The quantitative estimate of drug-likeness (QED) is 0.803. The lowest BCUT2D eigenvalue weighted by atomic mass is 10.0. The largest absolute Gasteiger partial charge is 0.386 e. The number of aryl methyl sites for hydroxylation is 1. The van der Waals surface area contributed by atoms with Crippen LogP contribution < -0.4 is 0 Å². The lowest BCUT2D eigenvalue weighted by molar-refractivity contribution is 0.122. The van der Waals surface area contributed by atoms with Crippen LogP contribution in [0.4, 0.5) is 0 Å². The highest BCUT2D eigenvalue weighted by Gasteiger charge is 2.67. The van der Waals surface area contributed by atoms with Crippen LogP contribution in [-0.4, -0.2) is 20.1 Å². The maximum atomic E-state index is 10.3. The minimum Gasteiger partial charge on any atom is -0.386 e. The summed E-state index contributed by atoms with van der Waals surface area (Å²) in [5, 5.41) is 18.0. The van der Waals surface area contributed by atoms with Gasteiger partial charge < -0.3 is 5.11 Å². The van der Waals surface area contributed by atoms with Gasteiger partial charge in [0, 0.05) is 13.0 Å². The Labute approximate surface area is 90.3 Å². The Kier molecular flexibility index (Phi) is 1.99. The highest BCUT2D eigenvalue weighted by Crippen LogP contribution is 2.72. The maximum Gasteiger partial charge on any atom is 0.101 e. The van der Waals surface area contributed by atoms with Crippen molar-refractivity contribution in [2.24, 2.45) is 23.8 Å². The van der Waals surface area contributed by atoms with Crippen molar-refractivity contribution in [3.05, 3.63) is 11.9 Å². The van der Waals surface area contributed by atoms with E-state index in [0.29, 0.717) is 0 Å². The summed E-state index contributed by atoms with van der Waals surface area (Å²) in [6.07, 6.45) is 1.18. The third kappa shape index (κ3) is 1.24. The number of aliphatic hydroxyl groups excluding tert-OH is 1. The monoisotopic (exact) mass is 209 g/mol. The average Bonchev–Trinajstić information content (AvgIpc) is 2.48. The van der Waals surface area contributed by atoms with Gasteiger partial charge in [-0.3, -0.25) is 0 Å². The predicted molar refractivity (Wildman–Crippen MR) is 57.0 cm³/mol. The first-order valence-electron chi connectivity index (χ1n) is 5.33. The van der Waals surface area contributed by atoms with E-state index in [9.17, 15) is 5.11 Å². The van der Waals surface area contributed by atoms with Crippen molar-refractivity contribution in [3.63, 3.8) is 0 Å². The molecule has 0 aliphatic heterocycles. The van der Waals surface area contributed by atoms with Crippen LogP contribution in [0, 0.1) is 16.7 Å². The fraction of sp³-hybridized carbons (Fsp3) is 0.818. The van der Waals surface area contributed by atoms with Gasteiger partial charge in [-0.15, -0.1) is 5.10 Å². The molecule has 0 saturated heterocycles. The third-order valence-electron chi connectivity index (χ3n) is 4.50. The van der Waals surface area contributed by atoms with Crippen LogP contribution in [0.3, 0.4) is 0 Å². The Bertz CT molecular complexity index is 367. The third-order valence-corrected chi connectivity index (χ3v) is 4.50. The van der Waals surface area contributed by atoms with Crippen molar-refractivity contribution in [2.75, 3.05) is 0 Å². The smallest absolute Gasteiger partial charge is 0.101 e. The van der Waals surface area contributed by atoms with Crippen molar-refractivity contribution < 1.29 is 5.11 Å². The summed E-state index contributed by atoms with van der Waals surface area (Å²) < 4.78 is 1.65. The maximum absolute atomic E-state index is 10.3. The van der Waals surface area contributed by atoms with E-state index in [4.69, 9.17) is 0 Å². The molecule has 0 aromatic carbocycles. The molecule has 1 aromatic heterocycles. The molecule has 1 aliphatic carbocycles. The molecule has 1 heterocycles. The molecule has 0 radical (unpaired) electrons. The molecule has 1 saturated carbocycles. The Morgan fingerprint density at radius 3 is 2.20 bits per heavy atom. The predicted octanol–water partition coefficient (Wildman–Crippen LogP) is 1.53. The van der Waals surface area contributed by atoms with Gasteiger partial charge in [0.2, 0.25) is 0 Å². The Morgan fingerprint density at radius 1 is 1.33 bits per heavy atom. The molecule has 1 unspecified atom stereocenters. The molecule has 4 heteroatoms. The highest BCUT2D eigenvalue weighted by atomic mass is 16.3. The molecule has 1 aromatic rings. The number of aliphatic hydroxyl groups is 1. The summed E-state index contributed by atoms with van der Waals surface area (Å²) in [5.41, 5.74) is 1.16. The topological polar surface area (TPSA) is 50.9 Å². The standard InChI is InChI=1S/C11H19N3O/c1-10(2)9(11(10,3)4)8(15)7-6-12-13-14(7)5/h6,8-9,15H,1-5H3. The zero-order chi connectivity index (χ0) is 11.4. The number of hydrogen-bond acceptors (Lipinski definition) is 3. The van der Waals surface area contributed by atoms with Gasteiger partial charge in [0.25, 0.3) is 0 Å². The van der Waals surface area contributed by atoms with Crippen molar-refractivity contribution in [2.45, 2.75) is 33.8 Å². The zero-order valence-corrected chi connectivity index (χ0v) is 10.0. The molecule has 1 aliphatic rings. The molecule has 1 atom stereocenters. The molecule has 1 N–H and O–H groups in total. The first kappa shape index (κ1) is 10.6. The van der Waals surface area contributed by atoms with Gasteiger partial charge in [-0.2, -0.15) is 0 Å². The van der Waals surface area contributed by atoms with Gasteiger partial charge >= 0.3 is 0 Å². The molecule has 0 bridgehead atoms. The second kappa shape index (κ2) is 2.82. The van der Waals surface area contributed by atoms with Gasteiger partial charge in [-0.25, -0.2) is 4.68 Å².